The highest BCUT2D eigenvalue weighted by atomic mass is 35.5. The SMILES string of the molecule is COC(=O)C1CCc2c(Cl)nc(-c3ccc(F)cc3)n2C1. The zero-order valence-corrected chi connectivity index (χ0v) is 12.2. The minimum absolute atomic E-state index is 0.202. The molecule has 1 aliphatic heterocycles. The molecule has 6 heteroatoms. The molecule has 1 aromatic carbocycles. The second kappa shape index (κ2) is 5.48. The van der Waals surface area contributed by atoms with Crippen molar-refractivity contribution in [2.75, 3.05) is 7.11 Å². The van der Waals surface area contributed by atoms with Crippen molar-refractivity contribution in [3.8, 4) is 11.4 Å². The zero-order valence-electron chi connectivity index (χ0n) is 11.5. The Morgan fingerprint density at radius 2 is 2.14 bits per heavy atom. The lowest BCUT2D eigenvalue weighted by Gasteiger charge is -2.23. The summed E-state index contributed by atoms with van der Waals surface area (Å²) in [6.07, 6.45) is 1.37. The summed E-state index contributed by atoms with van der Waals surface area (Å²) in [6, 6.07) is 6.07. The smallest absolute Gasteiger partial charge is 0.310 e. The van der Waals surface area contributed by atoms with Crippen LogP contribution < -0.4 is 0 Å². The van der Waals surface area contributed by atoms with E-state index >= 15 is 0 Å². The fourth-order valence-electron chi connectivity index (χ4n) is 2.69. The normalized spacial score (nSPS) is 17.4. The number of nitrogens with zero attached hydrogens (tertiary/aromatic N) is 2. The Kier molecular flexibility index (Phi) is 3.68. The lowest BCUT2D eigenvalue weighted by molar-refractivity contribution is -0.146. The summed E-state index contributed by atoms with van der Waals surface area (Å²) in [5.41, 5.74) is 1.69. The predicted molar refractivity (Wildman–Crippen MR) is 76.5 cm³/mol. The molecule has 3 rings (SSSR count). The average Bonchev–Trinajstić information content (AvgIpc) is 2.84. The maximum absolute atomic E-state index is 13.0. The monoisotopic (exact) mass is 308 g/mol. The van der Waals surface area contributed by atoms with Crippen molar-refractivity contribution in [3.63, 3.8) is 0 Å². The molecule has 1 aromatic heterocycles. The van der Waals surface area contributed by atoms with Crippen molar-refractivity contribution in [1.82, 2.24) is 9.55 Å². The minimum atomic E-state index is -0.303. The maximum atomic E-state index is 13.0. The number of hydrogen-bond donors (Lipinski definition) is 0. The van der Waals surface area contributed by atoms with Gasteiger partial charge in [0.1, 0.15) is 11.6 Å². The summed E-state index contributed by atoms with van der Waals surface area (Å²) in [5, 5.41) is 0.442. The Bertz CT molecular complexity index is 682. The summed E-state index contributed by atoms with van der Waals surface area (Å²) in [4.78, 5) is 16.1. The van der Waals surface area contributed by atoms with E-state index < -0.39 is 0 Å². The van der Waals surface area contributed by atoms with Gasteiger partial charge in [0.25, 0.3) is 0 Å². The van der Waals surface area contributed by atoms with E-state index in [-0.39, 0.29) is 17.7 Å². The molecule has 4 nitrogen and oxygen atoms in total. The molecule has 1 aliphatic rings. The van der Waals surface area contributed by atoms with Gasteiger partial charge in [-0.25, -0.2) is 9.37 Å². The van der Waals surface area contributed by atoms with E-state index in [4.69, 9.17) is 16.3 Å². The molecule has 2 aromatic rings. The van der Waals surface area contributed by atoms with Crippen molar-refractivity contribution in [1.29, 1.82) is 0 Å². The van der Waals surface area contributed by atoms with Gasteiger partial charge in [-0.15, -0.1) is 0 Å². The number of carbonyl (C=O) groups is 1. The molecule has 0 radical (unpaired) electrons. The van der Waals surface area contributed by atoms with Crippen molar-refractivity contribution in [3.05, 3.63) is 40.9 Å². The Balaban J connectivity index is 2.01. The number of aromatic nitrogens is 2. The van der Waals surface area contributed by atoms with Gasteiger partial charge in [0, 0.05) is 12.1 Å². The molecule has 1 unspecified atom stereocenters. The molecule has 110 valence electrons. The summed E-state index contributed by atoms with van der Waals surface area (Å²) >= 11 is 6.18. The van der Waals surface area contributed by atoms with Gasteiger partial charge in [-0.05, 0) is 37.1 Å². The van der Waals surface area contributed by atoms with E-state index in [1.165, 1.54) is 19.2 Å². The Labute approximate surface area is 126 Å². The number of esters is 1. The van der Waals surface area contributed by atoms with Gasteiger partial charge in [0.05, 0.1) is 18.7 Å². The first-order valence-electron chi connectivity index (χ1n) is 6.69. The topological polar surface area (TPSA) is 44.1 Å². The van der Waals surface area contributed by atoms with E-state index in [2.05, 4.69) is 4.98 Å². The van der Waals surface area contributed by atoms with Gasteiger partial charge >= 0.3 is 5.97 Å². The zero-order chi connectivity index (χ0) is 15.0. The van der Waals surface area contributed by atoms with Gasteiger partial charge in [0.2, 0.25) is 0 Å². The standard InChI is InChI=1S/C15H14ClFN2O2/c1-21-15(20)10-4-7-12-13(16)18-14(19(12)8-10)9-2-5-11(17)6-3-9/h2-3,5-6,10H,4,7-8H2,1H3. The molecule has 0 fully saturated rings. The van der Waals surface area contributed by atoms with Crippen LogP contribution in [-0.2, 0) is 22.5 Å². The first kappa shape index (κ1) is 14.1. The molecule has 0 saturated carbocycles. The summed E-state index contributed by atoms with van der Waals surface area (Å²) < 4.78 is 19.8. The Hall–Kier alpha value is -1.88. The number of halogens is 2. The molecular formula is C15H14ClFN2O2. The third-order valence-corrected chi connectivity index (χ3v) is 4.10. The largest absolute Gasteiger partial charge is 0.469 e. The number of fused-ring (bicyclic) bond motifs is 1. The molecule has 21 heavy (non-hydrogen) atoms. The van der Waals surface area contributed by atoms with Crippen LogP contribution in [0.15, 0.2) is 24.3 Å². The number of hydrogen-bond acceptors (Lipinski definition) is 3. The maximum Gasteiger partial charge on any atom is 0.310 e. The number of rotatable bonds is 2. The molecule has 0 spiro atoms. The van der Waals surface area contributed by atoms with Crippen molar-refractivity contribution in [2.24, 2.45) is 5.92 Å². The fraction of sp³-hybridized carbons (Fsp3) is 0.333. The molecule has 1 atom stereocenters. The predicted octanol–water partition coefficient (Wildman–Crippen LogP) is 3.08. The number of imidazole rings is 1. The van der Waals surface area contributed by atoms with Crippen LogP contribution >= 0.6 is 11.6 Å². The molecule has 0 aliphatic carbocycles. The van der Waals surface area contributed by atoms with Gasteiger partial charge in [0.15, 0.2) is 5.15 Å². The summed E-state index contributed by atoms with van der Waals surface area (Å²) in [6.45, 7) is 0.481. The van der Waals surface area contributed by atoms with Crippen LogP contribution in [0.5, 0.6) is 0 Å². The Morgan fingerprint density at radius 3 is 2.81 bits per heavy atom. The Morgan fingerprint density at radius 1 is 1.43 bits per heavy atom. The molecule has 0 bridgehead atoms. The molecule has 0 N–H and O–H groups in total. The van der Waals surface area contributed by atoms with Crippen molar-refractivity contribution in [2.45, 2.75) is 19.4 Å². The van der Waals surface area contributed by atoms with Gasteiger partial charge < -0.3 is 9.30 Å². The third kappa shape index (κ3) is 2.53. The van der Waals surface area contributed by atoms with Gasteiger partial charge in [-0.3, -0.25) is 4.79 Å². The van der Waals surface area contributed by atoms with Crippen LogP contribution in [0.1, 0.15) is 12.1 Å². The van der Waals surface area contributed by atoms with Crippen LogP contribution in [0.4, 0.5) is 4.39 Å². The first-order valence-corrected chi connectivity index (χ1v) is 7.06. The lowest BCUT2D eigenvalue weighted by atomic mass is 9.98. The van der Waals surface area contributed by atoms with E-state index in [1.807, 2.05) is 4.57 Å². The average molecular weight is 309 g/mol. The van der Waals surface area contributed by atoms with E-state index in [1.54, 1.807) is 12.1 Å². The summed E-state index contributed by atoms with van der Waals surface area (Å²) in [7, 11) is 1.39. The molecular weight excluding hydrogens is 295 g/mol. The van der Waals surface area contributed by atoms with Crippen LogP contribution in [0, 0.1) is 11.7 Å². The highest BCUT2D eigenvalue weighted by molar-refractivity contribution is 6.30. The highest BCUT2D eigenvalue weighted by Gasteiger charge is 2.29. The summed E-state index contributed by atoms with van der Waals surface area (Å²) in [5.74, 6) is -0.0752. The van der Waals surface area contributed by atoms with Crippen LogP contribution in [0.2, 0.25) is 5.15 Å². The lowest BCUT2D eigenvalue weighted by Crippen LogP contribution is -2.28. The third-order valence-electron chi connectivity index (χ3n) is 3.79. The van der Waals surface area contributed by atoms with Crippen molar-refractivity contribution < 1.29 is 13.9 Å². The van der Waals surface area contributed by atoms with Crippen LogP contribution in [-0.4, -0.2) is 22.6 Å². The van der Waals surface area contributed by atoms with E-state index in [0.717, 1.165) is 11.3 Å². The highest BCUT2D eigenvalue weighted by Crippen LogP contribution is 2.32. The number of ether oxygens (including phenoxy) is 1. The second-order valence-corrected chi connectivity index (χ2v) is 5.41. The molecule has 2 heterocycles. The fourth-order valence-corrected chi connectivity index (χ4v) is 2.97. The van der Waals surface area contributed by atoms with Crippen molar-refractivity contribution >= 4 is 17.6 Å². The number of methoxy groups -OCH3 is 1. The van der Waals surface area contributed by atoms with Crippen LogP contribution in [0.3, 0.4) is 0 Å². The molecule has 0 amide bonds. The number of benzene rings is 1. The van der Waals surface area contributed by atoms with Crippen LogP contribution in [0.25, 0.3) is 11.4 Å². The molecule has 0 saturated heterocycles. The quantitative estimate of drug-likeness (QED) is 0.801. The second-order valence-electron chi connectivity index (χ2n) is 5.05. The van der Waals surface area contributed by atoms with Gasteiger partial charge in [-0.1, -0.05) is 11.6 Å². The van der Waals surface area contributed by atoms with E-state index in [9.17, 15) is 9.18 Å². The van der Waals surface area contributed by atoms with E-state index in [0.29, 0.717) is 30.4 Å². The number of carbonyl (C=O) groups excluding carboxylic acids is 1. The first-order chi connectivity index (χ1) is 10.1. The van der Waals surface area contributed by atoms with Gasteiger partial charge in [-0.2, -0.15) is 0 Å². The minimum Gasteiger partial charge on any atom is -0.469 e.